The number of rotatable bonds is 7. The summed E-state index contributed by atoms with van der Waals surface area (Å²) in [4.78, 5) is 2.37. The van der Waals surface area contributed by atoms with Gasteiger partial charge in [-0.1, -0.05) is 38.1 Å². The van der Waals surface area contributed by atoms with Crippen molar-refractivity contribution in [3.63, 3.8) is 0 Å². The van der Waals surface area contributed by atoms with Gasteiger partial charge in [0.1, 0.15) is 0 Å². The van der Waals surface area contributed by atoms with E-state index in [9.17, 15) is 0 Å². The minimum atomic E-state index is 0.546. The number of benzene rings is 1. The van der Waals surface area contributed by atoms with E-state index < -0.39 is 0 Å². The monoisotopic (exact) mass is 248 g/mol. The molecule has 0 fully saturated rings. The van der Waals surface area contributed by atoms with E-state index in [-0.39, 0.29) is 0 Å². The first-order valence-corrected chi connectivity index (χ1v) is 7.07. The van der Waals surface area contributed by atoms with Crippen LogP contribution < -0.4 is 5.73 Å². The Bertz CT molecular complexity index is 331. The Balaban J connectivity index is 2.58. The second kappa shape index (κ2) is 7.55. The molecule has 0 aliphatic heterocycles. The van der Waals surface area contributed by atoms with E-state index in [4.69, 9.17) is 5.73 Å². The Kier molecular flexibility index (Phi) is 6.37. The van der Waals surface area contributed by atoms with Crippen molar-refractivity contribution in [2.24, 2.45) is 5.73 Å². The summed E-state index contributed by atoms with van der Waals surface area (Å²) in [6, 6.07) is 9.60. The van der Waals surface area contributed by atoms with E-state index in [1.54, 1.807) is 0 Å². The predicted molar refractivity (Wildman–Crippen MR) is 79.7 cm³/mol. The Hall–Kier alpha value is -0.860. The topological polar surface area (TPSA) is 29.3 Å². The van der Waals surface area contributed by atoms with Crippen molar-refractivity contribution in [2.45, 2.75) is 52.1 Å². The van der Waals surface area contributed by atoms with E-state index >= 15 is 0 Å². The largest absolute Gasteiger partial charge is 0.330 e. The van der Waals surface area contributed by atoms with Crippen LogP contribution in [0.5, 0.6) is 0 Å². The van der Waals surface area contributed by atoms with Crippen molar-refractivity contribution >= 4 is 0 Å². The second-order valence-electron chi connectivity index (χ2n) is 5.39. The molecule has 2 N–H and O–H groups in total. The van der Waals surface area contributed by atoms with E-state index in [1.807, 2.05) is 0 Å². The maximum absolute atomic E-state index is 5.60. The summed E-state index contributed by atoms with van der Waals surface area (Å²) < 4.78 is 0. The smallest absolute Gasteiger partial charge is 0.0233 e. The molecule has 1 aromatic carbocycles. The Morgan fingerprint density at radius 1 is 1.17 bits per heavy atom. The number of hydrogen-bond donors (Lipinski definition) is 1. The third-order valence-electron chi connectivity index (χ3n) is 3.93. The summed E-state index contributed by atoms with van der Waals surface area (Å²) in [7, 11) is 2.17. The first kappa shape index (κ1) is 15.2. The minimum absolute atomic E-state index is 0.546. The molecule has 0 spiro atoms. The zero-order valence-electron chi connectivity index (χ0n) is 12.3. The van der Waals surface area contributed by atoms with E-state index in [1.165, 1.54) is 17.5 Å². The number of nitrogens with zero attached hydrogens (tertiary/aromatic N) is 1. The van der Waals surface area contributed by atoms with Crippen molar-refractivity contribution in [2.75, 3.05) is 13.6 Å². The maximum atomic E-state index is 5.60. The van der Waals surface area contributed by atoms with Crippen LogP contribution in [0, 0.1) is 0 Å². The van der Waals surface area contributed by atoms with Gasteiger partial charge in [0.25, 0.3) is 0 Å². The van der Waals surface area contributed by atoms with Gasteiger partial charge in [0.05, 0.1) is 0 Å². The Morgan fingerprint density at radius 2 is 1.78 bits per heavy atom. The van der Waals surface area contributed by atoms with Crippen molar-refractivity contribution in [3.05, 3.63) is 35.4 Å². The normalized spacial score (nSPS) is 14.8. The first-order chi connectivity index (χ1) is 8.58. The maximum Gasteiger partial charge on any atom is 0.0233 e. The van der Waals surface area contributed by atoms with Gasteiger partial charge in [0.15, 0.2) is 0 Å². The van der Waals surface area contributed by atoms with Gasteiger partial charge >= 0.3 is 0 Å². The summed E-state index contributed by atoms with van der Waals surface area (Å²) in [6.07, 6.45) is 2.26. The fourth-order valence-corrected chi connectivity index (χ4v) is 2.09. The summed E-state index contributed by atoms with van der Waals surface area (Å²) in [5.74, 6) is 0.660. The zero-order chi connectivity index (χ0) is 13.5. The van der Waals surface area contributed by atoms with Crippen LogP contribution in [0.2, 0.25) is 0 Å². The lowest BCUT2D eigenvalue weighted by Gasteiger charge is -2.24. The highest BCUT2D eigenvalue weighted by Crippen LogP contribution is 2.19. The SMILES string of the molecule is CCC(C)c1ccc(CN(C)C(C)CCN)cc1. The standard InChI is InChI=1S/C16H28N2/c1-5-13(2)16-8-6-15(7-9-16)12-18(4)14(3)10-11-17/h6-9,13-14H,5,10-12,17H2,1-4H3. The molecular weight excluding hydrogens is 220 g/mol. The average molecular weight is 248 g/mol. The van der Waals surface area contributed by atoms with Gasteiger partial charge in [-0.15, -0.1) is 0 Å². The van der Waals surface area contributed by atoms with Gasteiger partial charge in [-0.3, -0.25) is 4.90 Å². The van der Waals surface area contributed by atoms with Gasteiger partial charge in [-0.2, -0.15) is 0 Å². The molecule has 0 bridgehead atoms. The summed E-state index contributed by atoms with van der Waals surface area (Å²) in [5, 5.41) is 0. The molecule has 1 rings (SSSR count). The van der Waals surface area contributed by atoms with Gasteiger partial charge in [-0.05, 0) is 50.4 Å². The van der Waals surface area contributed by atoms with Gasteiger partial charge in [0, 0.05) is 12.6 Å². The summed E-state index contributed by atoms with van der Waals surface area (Å²) in [6.45, 7) is 8.52. The van der Waals surface area contributed by atoms with Crippen molar-refractivity contribution in [1.29, 1.82) is 0 Å². The summed E-state index contributed by atoms with van der Waals surface area (Å²) >= 11 is 0. The molecular formula is C16H28N2. The molecule has 0 aromatic heterocycles. The van der Waals surface area contributed by atoms with Gasteiger partial charge in [0.2, 0.25) is 0 Å². The summed E-state index contributed by atoms with van der Waals surface area (Å²) in [5.41, 5.74) is 8.43. The molecule has 0 radical (unpaired) electrons. The molecule has 2 atom stereocenters. The van der Waals surface area contributed by atoms with Gasteiger partial charge in [-0.25, -0.2) is 0 Å². The Morgan fingerprint density at radius 3 is 2.28 bits per heavy atom. The molecule has 0 saturated carbocycles. The molecule has 2 unspecified atom stereocenters. The van der Waals surface area contributed by atoms with E-state index in [2.05, 4.69) is 57.0 Å². The number of hydrogen-bond acceptors (Lipinski definition) is 2. The van der Waals surface area contributed by atoms with Crippen molar-refractivity contribution in [1.82, 2.24) is 4.90 Å². The molecule has 0 heterocycles. The van der Waals surface area contributed by atoms with Crippen LogP contribution >= 0.6 is 0 Å². The average Bonchev–Trinajstić information content (AvgIpc) is 2.39. The third-order valence-corrected chi connectivity index (χ3v) is 3.93. The van der Waals surface area contributed by atoms with Crippen LogP contribution in [0.15, 0.2) is 24.3 Å². The van der Waals surface area contributed by atoms with Crippen LogP contribution in [0.1, 0.15) is 50.7 Å². The van der Waals surface area contributed by atoms with Crippen LogP contribution in [0.4, 0.5) is 0 Å². The van der Waals surface area contributed by atoms with Crippen molar-refractivity contribution in [3.8, 4) is 0 Å². The molecule has 0 amide bonds. The molecule has 0 saturated heterocycles. The van der Waals surface area contributed by atoms with Gasteiger partial charge < -0.3 is 5.73 Å². The Labute approximate surface area is 112 Å². The van der Waals surface area contributed by atoms with Crippen LogP contribution in [-0.2, 0) is 6.54 Å². The van der Waals surface area contributed by atoms with Crippen molar-refractivity contribution < 1.29 is 0 Å². The fraction of sp³-hybridized carbons (Fsp3) is 0.625. The lowest BCUT2D eigenvalue weighted by molar-refractivity contribution is 0.240. The highest BCUT2D eigenvalue weighted by Gasteiger charge is 2.09. The fourth-order valence-electron chi connectivity index (χ4n) is 2.09. The highest BCUT2D eigenvalue weighted by atomic mass is 15.1. The third kappa shape index (κ3) is 4.43. The van der Waals surface area contributed by atoms with Crippen LogP contribution in [0.3, 0.4) is 0 Å². The quantitative estimate of drug-likeness (QED) is 0.801. The highest BCUT2D eigenvalue weighted by molar-refractivity contribution is 5.25. The second-order valence-corrected chi connectivity index (χ2v) is 5.39. The molecule has 0 aliphatic rings. The number of nitrogens with two attached hydrogens (primary N) is 1. The van der Waals surface area contributed by atoms with E-state index in [0.29, 0.717) is 12.0 Å². The minimum Gasteiger partial charge on any atom is -0.330 e. The first-order valence-electron chi connectivity index (χ1n) is 7.07. The lowest BCUT2D eigenvalue weighted by Crippen LogP contribution is -2.30. The molecule has 18 heavy (non-hydrogen) atoms. The van der Waals surface area contributed by atoms with Crippen LogP contribution in [0.25, 0.3) is 0 Å². The molecule has 2 heteroatoms. The molecule has 0 aliphatic carbocycles. The molecule has 2 nitrogen and oxygen atoms in total. The molecule has 1 aromatic rings. The predicted octanol–water partition coefficient (Wildman–Crippen LogP) is 3.37. The lowest BCUT2D eigenvalue weighted by atomic mass is 9.97. The zero-order valence-corrected chi connectivity index (χ0v) is 12.3. The molecule has 102 valence electrons. The van der Waals surface area contributed by atoms with Crippen LogP contribution in [-0.4, -0.2) is 24.5 Å². The van der Waals surface area contributed by atoms with E-state index in [0.717, 1.165) is 19.5 Å².